The number of ketones is 4. The minimum atomic E-state index is -0.334. The van der Waals surface area contributed by atoms with Crippen LogP contribution in [0.5, 0.6) is 0 Å². The van der Waals surface area contributed by atoms with Gasteiger partial charge in [0.25, 0.3) is 0 Å². The molecule has 0 aliphatic carbocycles. The van der Waals surface area contributed by atoms with Crippen LogP contribution in [0, 0.1) is 0 Å². The molecule has 0 aromatic heterocycles. The highest BCUT2D eigenvalue weighted by Gasteiger charge is 2.20. The van der Waals surface area contributed by atoms with Gasteiger partial charge in [0.15, 0.2) is 0 Å². The smallest absolute Gasteiger partial charge is 0.320 e. The van der Waals surface area contributed by atoms with Gasteiger partial charge in [0.1, 0.15) is 23.1 Å². The lowest BCUT2D eigenvalue weighted by molar-refractivity contribution is -0.149. The van der Waals surface area contributed by atoms with E-state index in [1.165, 1.54) is 180 Å². The van der Waals surface area contributed by atoms with E-state index in [2.05, 4.69) is 51.3 Å². The maximum Gasteiger partial charge on any atom is 0.320 e. The van der Waals surface area contributed by atoms with E-state index in [0.717, 1.165) is 103 Å². The van der Waals surface area contributed by atoms with Crippen LogP contribution in [0.3, 0.4) is 0 Å². The molecule has 0 unspecified atom stereocenters. The lowest BCUT2D eigenvalue weighted by Gasteiger charge is -2.27. The fraction of sp³-hybridized carbons (Fsp3) is 0.919. The van der Waals surface area contributed by atoms with Crippen molar-refractivity contribution in [3.05, 3.63) is 0 Å². The van der Waals surface area contributed by atoms with Crippen molar-refractivity contribution < 1.29 is 38.2 Å². The van der Waals surface area contributed by atoms with Gasteiger partial charge in [-0.1, -0.05) is 260 Å². The molecule has 0 heterocycles. The highest BCUT2D eigenvalue weighted by molar-refractivity contribution is 5.83. The molecule has 12 nitrogen and oxygen atoms in total. The standard InChI is InChI=1S/C74H142N4O8/c1-7-13-17-21-25-29-31-35-39-43-49-71(81)65-77(66-72(82)50-44-40-36-32-30-26-22-18-14-8-2)57-47-51-69(79)53-59-75(55-11-5)61-62-76(56-12-6)60-54-70(80)52-48-58-78(67-73(83)85-63-45-41-37-33-27-23-19-15-9-3)68-74(84)86-64-46-42-38-34-28-24-20-16-10-4/h7-68H2,1-6H3. The first kappa shape index (κ1) is 83.5. The Morgan fingerprint density at radius 2 is 0.465 bits per heavy atom. The number of ether oxygens (including phenoxy) is 2. The van der Waals surface area contributed by atoms with E-state index in [4.69, 9.17) is 9.47 Å². The highest BCUT2D eigenvalue weighted by Crippen LogP contribution is 2.16. The van der Waals surface area contributed by atoms with Gasteiger partial charge < -0.3 is 19.3 Å². The number of hydrogen-bond acceptors (Lipinski definition) is 12. The molecule has 0 aliphatic rings. The van der Waals surface area contributed by atoms with E-state index >= 15 is 0 Å². The fourth-order valence-corrected chi connectivity index (χ4v) is 11.8. The van der Waals surface area contributed by atoms with Crippen molar-refractivity contribution in [1.29, 1.82) is 0 Å². The number of hydrogen-bond donors (Lipinski definition) is 0. The van der Waals surface area contributed by atoms with Crippen LogP contribution in [0.25, 0.3) is 0 Å². The molecule has 0 N–H and O–H groups in total. The Kier molecular flexibility index (Phi) is 63.5. The molecule has 0 atom stereocenters. The van der Waals surface area contributed by atoms with Gasteiger partial charge in [0, 0.05) is 64.7 Å². The summed E-state index contributed by atoms with van der Waals surface area (Å²) in [5.41, 5.74) is 0. The Labute approximate surface area is 532 Å². The molecule has 506 valence electrons. The molecular formula is C74H142N4O8. The summed E-state index contributed by atoms with van der Waals surface area (Å²) in [6.45, 7) is 20.5. The first-order valence-electron chi connectivity index (χ1n) is 37.3. The fourth-order valence-electron chi connectivity index (χ4n) is 11.8. The van der Waals surface area contributed by atoms with Crippen molar-refractivity contribution in [3.63, 3.8) is 0 Å². The van der Waals surface area contributed by atoms with Crippen LogP contribution in [0.4, 0.5) is 0 Å². The Balaban J connectivity index is 5.17. The van der Waals surface area contributed by atoms with Gasteiger partial charge in [-0.2, -0.15) is 0 Å². The molecule has 0 saturated carbocycles. The zero-order chi connectivity index (χ0) is 63.0. The molecule has 0 aromatic rings. The number of unbranched alkanes of at least 4 members (excludes halogenated alkanes) is 34. The molecule has 12 heteroatoms. The Morgan fingerprint density at radius 1 is 0.209 bits per heavy atom. The highest BCUT2D eigenvalue weighted by atomic mass is 16.5. The summed E-state index contributed by atoms with van der Waals surface area (Å²) in [6.07, 6.45) is 52.1. The van der Waals surface area contributed by atoms with Gasteiger partial charge in [-0.15, -0.1) is 0 Å². The van der Waals surface area contributed by atoms with Crippen LogP contribution in [-0.4, -0.2) is 146 Å². The van der Waals surface area contributed by atoms with Crippen LogP contribution in [0.1, 0.15) is 350 Å². The van der Waals surface area contributed by atoms with Gasteiger partial charge >= 0.3 is 11.9 Å². The van der Waals surface area contributed by atoms with Crippen molar-refractivity contribution in [2.75, 3.05) is 91.8 Å². The second-order valence-corrected chi connectivity index (χ2v) is 25.9. The average Bonchev–Trinajstić information content (AvgIpc) is 3.54. The summed E-state index contributed by atoms with van der Waals surface area (Å²) in [5, 5.41) is 0. The summed E-state index contributed by atoms with van der Waals surface area (Å²) >= 11 is 0. The lowest BCUT2D eigenvalue weighted by atomic mass is 10.0. The molecule has 0 spiro atoms. The second-order valence-electron chi connectivity index (χ2n) is 25.9. The third-order valence-electron chi connectivity index (χ3n) is 17.2. The maximum absolute atomic E-state index is 13.4. The van der Waals surface area contributed by atoms with E-state index in [1.807, 2.05) is 4.90 Å². The molecule has 0 saturated heterocycles. The number of carbonyl (C=O) groups excluding carboxylic acids is 6. The number of nitrogens with zero attached hydrogens (tertiary/aromatic N) is 4. The molecule has 0 rings (SSSR count). The molecular weight excluding hydrogens is 1070 g/mol. The van der Waals surface area contributed by atoms with Crippen LogP contribution in [-0.2, 0) is 38.2 Å². The maximum atomic E-state index is 13.4. The first-order valence-corrected chi connectivity index (χ1v) is 37.3. The van der Waals surface area contributed by atoms with Crippen LogP contribution in [0.2, 0.25) is 0 Å². The molecule has 0 bridgehead atoms. The van der Waals surface area contributed by atoms with Crippen molar-refractivity contribution in [3.8, 4) is 0 Å². The third kappa shape index (κ3) is 59.1. The zero-order valence-electron chi connectivity index (χ0n) is 57.9. The predicted octanol–water partition coefficient (Wildman–Crippen LogP) is 18.4. The minimum Gasteiger partial charge on any atom is -0.465 e. The summed E-state index contributed by atoms with van der Waals surface area (Å²) in [5.74, 6) is 0.166. The van der Waals surface area contributed by atoms with E-state index < -0.39 is 0 Å². The van der Waals surface area contributed by atoms with Crippen molar-refractivity contribution >= 4 is 35.1 Å². The summed E-state index contributed by atoms with van der Waals surface area (Å²) in [4.78, 5) is 87.9. The molecule has 0 radical (unpaired) electrons. The number of Topliss-reactive ketones (excluding diaryl/α,β-unsaturated/α-hetero) is 4. The minimum absolute atomic E-state index is 0.00485. The second kappa shape index (κ2) is 65.4. The SMILES string of the molecule is CCCCCCCCCCCCC(=O)CN(CCCC(=O)CCN(CCC)CCN(CCC)CCC(=O)CCCN(CC(=O)OCCCCCCCCCCC)CC(=O)OCCCCCCCCCCC)CC(=O)CCCCCCCCCCCC. The van der Waals surface area contributed by atoms with E-state index in [1.54, 1.807) is 4.90 Å². The molecule has 86 heavy (non-hydrogen) atoms. The van der Waals surface area contributed by atoms with E-state index in [9.17, 15) is 28.8 Å². The Morgan fingerprint density at radius 3 is 0.756 bits per heavy atom. The van der Waals surface area contributed by atoms with E-state index in [0.29, 0.717) is 104 Å². The summed E-state index contributed by atoms with van der Waals surface area (Å²) in [7, 11) is 0. The normalized spacial score (nSPS) is 11.7. The Bertz CT molecular complexity index is 1370. The third-order valence-corrected chi connectivity index (χ3v) is 17.2. The van der Waals surface area contributed by atoms with Crippen molar-refractivity contribution in [2.45, 2.75) is 350 Å². The topological polar surface area (TPSA) is 134 Å². The van der Waals surface area contributed by atoms with Gasteiger partial charge in [-0.3, -0.25) is 38.6 Å². The van der Waals surface area contributed by atoms with Gasteiger partial charge in [0.2, 0.25) is 0 Å². The quantitative estimate of drug-likeness (QED) is 0.0424. The monoisotopic (exact) mass is 1220 g/mol. The predicted molar refractivity (Wildman–Crippen MR) is 363 cm³/mol. The molecule has 0 aromatic carbocycles. The number of rotatable bonds is 71. The first-order chi connectivity index (χ1) is 42.0. The van der Waals surface area contributed by atoms with E-state index in [-0.39, 0.29) is 48.2 Å². The lowest BCUT2D eigenvalue weighted by Crippen LogP contribution is -2.38. The summed E-state index contributed by atoms with van der Waals surface area (Å²) < 4.78 is 11.3. The van der Waals surface area contributed by atoms with Gasteiger partial charge in [-0.05, 0) is 77.5 Å². The van der Waals surface area contributed by atoms with Crippen LogP contribution < -0.4 is 0 Å². The van der Waals surface area contributed by atoms with Crippen LogP contribution in [0.15, 0.2) is 0 Å². The number of carbonyl (C=O) groups is 6. The van der Waals surface area contributed by atoms with Crippen molar-refractivity contribution in [2.24, 2.45) is 0 Å². The number of esters is 2. The van der Waals surface area contributed by atoms with Gasteiger partial charge in [-0.25, -0.2) is 0 Å². The van der Waals surface area contributed by atoms with Crippen molar-refractivity contribution in [1.82, 2.24) is 19.6 Å². The zero-order valence-corrected chi connectivity index (χ0v) is 57.9. The molecule has 0 aliphatic heterocycles. The largest absolute Gasteiger partial charge is 0.465 e. The molecule has 0 fully saturated rings. The molecule has 0 amide bonds. The summed E-state index contributed by atoms with van der Waals surface area (Å²) in [6, 6.07) is 0. The average molecular weight is 1220 g/mol. The Hall–Kier alpha value is -2.54. The van der Waals surface area contributed by atoms with Gasteiger partial charge in [0.05, 0.1) is 39.4 Å². The van der Waals surface area contributed by atoms with Crippen LogP contribution >= 0.6 is 0 Å².